The highest BCUT2D eigenvalue weighted by molar-refractivity contribution is 7.89. The molecule has 11 heteroatoms. The molecule has 10 nitrogen and oxygen atoms in total. The summed E-state index contributed by atoms with van der Waals surface area (Å²) in [7, 11) is -3.90. The maximum Gasteiger partial charge on any atom is 0.284 e. The fourth-order valence-electron chi connectivity index (χ4n) is 3.87. The van der Waals surface area contributed by atoms with Crippen LogP contribution in [0.2, 0.25) is 0 Å². The molecule has 1 fully saturated rings. The molecule has 168 valence electrons. The van der Waals surface area contributed by atoms with Crippen LogP contribution >= 0.6 is 0 Å². The third-order valence-corrected chi connectivity index (χ3v) is 7.17. The number of carbonyl (C=O) groups is 3. The van der Waals surface area contributed by atoms with Gasteiger partial charge >= 0.3 is 0 Å². The van der Waals surface area contributed by atoms with Crippen molar-refractivity contribution in [3.05, 3.63) is 40.4 Å². The first-order chi connectivity index (χ1) is 14.6. The smallest absolute Gasteiger partial charge is 0.284 e. The van der Waals surface area contributed by atoms with Gasteiger partial charge in [-0.25, -0.2) is 8.42 Å². The number of aromatic nitrogens is 1. The second-order valence-corrected chi connectivity index (χ2v) is 9.34. The van der Waals surface area contributed by atoms with Gasteiger partial charge in [-0.1, -0.05) is 6.92 Å². The summed E-state index contributed by atoms with van der Waals surface area (Å²) in [6.07, 6.45) is 0.558. The number of primary amides is 1. The van der Waals surface area contributed by atoms with Crippen LogP contribution in [0, 0.1) is 6.92 Å². The molecule has 3 heterocycles. The van der Waals surface area contributed by atoms with Crippen molar-refractivity contribution in [1.29, 1.82) is 0 Å². The number of furan rings is 1. The summed E-state index contributed by atoms with van der Waals surface area (Å²) in [4.78, 5) is 40.9. The van der Waals surface area contributed by atoms with Gasteiger partial charge in [0.1, 0.15) is 0 Å². The second kappa shape index (κ2) is 8.77. The van der Waals surface area contributed by atoms with Gasteiger partial charge in [0.15, 0.2) is 17.3 Å². The number of nitrogens with two attached hydrogens (primary N) is 1. The highest BCUT2D eigenvalue weighted by Crippen LogP contribution is 2.23. The van der Waals surface area contributed by atoms with Gasteiger partial charge in [-0.05, 0) is 38.0 Å². The number of H-pyrrole nitrogens is 1. The van der Waals surface area contributed by atoms with Crippen LogP contribution in [0.3, 0.4) is 0 Å². The number of hydrogen-bond donors (Lipinski definition) is 2. The van der Waals surface area contributed by atoms with Gasteiger partial charge in [0.05, 0.1) is 12.2 Å². The van der Waals surface area contributed by atoms with Crippen LogP contribution in [-0.4, -0.2) is 72.8 Å². The Balaban J connectivity index is 1.66. The van der Waals surface area contributed by atoms with Gasteiger partial charge in [0.25, 0.3) is 15.9 Å². The van der Waals surface area contributed by atoms with Crippen molar-refractivity contribution in [3.8, 4) is 0 Å². The van der Waals surface area contributed by atoms with Crippen molar-refractivity contribution in [2.45, 2.75) is 32.3 Å². The number of rotatable bonds is 8. The van der Waals surface area contributed by atoms with E-state index in [9.17, 15) is 22.8 Å². The summed E-state index contributed by atoms with van der Waals surface area (Å²) >= 11 is 0. The molecule has 1 saturated heterocycles. The van der Waals surface area contributed by atoms with E-state index in [4.69, 9.17) is 10.2 Å². The van der Waals surface area contributed by atoms with Crippen molar-refractivity contribution in [2.24, 2.45) is 5.73 Å². The molecule has 1 aliphatic heterocycles. The molecule has 31 heavy (non-hydrogen) atoms. The monoisotopic (exact) mass is 450 g/mol. The highest BCUT2D eigenvalue weighted by Gasteiger charge is 2.32. The number of carbonyl (C=O) groups excluding carboxylic acids is 3. The highest BCUT2D eigenvalue weighted by atomic mass is 32.2. The minimum atomic E-state index is -3.90. The van der Waals surface area contributed by atoms with Gasteiger partial charge in [0.2, 0.25) is 5.09 Å². The lowest BCUT2D eigenvalue weighted by molar-refractivity contribution is 0.0895. The molecule has 3 rings (SSSR count). The van der Waals surface area contributed by atoms with Crippen LogP contribution < -0.4 is 5.73 Å². The van der Waals surface area contributed by atoms with Crippen LogP contribution in [0.4, 0.5) is 0 Å². The minimum absolute atomic E-state index is 0.0825. The molecule has 0 radical (unpaired) electrons. The van der Waals surface area contributed by atoms with E-state index in [1.165, 1.54) is 23.4 Å². The number of ketones is 2. The largest absolute Gasteiger partial charge is 0.438 e. The summed E-state index contributed by atoms with van der Waals surface area (Å²) in [5, 5.41) is -0.336. The minimum Gasteiger partial charge on any atom is -0.438 e. The number of nitrogens with zero attached hydrogens (tertiary/aromatic N) is 2. The quantitative estimate of drug-likeness (QED) is 0.570. The maximum atomic E-state index is 12.9. The summed E-state index contributed by atoms with van der Waals surface area (Å²) in [6, 6.07) is 2.43. The Hall–Kier alpha value is -2.76. The third-order valence-electron chi connectivity index (χ3n) is 5.39. The zero-order chi connectivity index (χ0) is 22.9. The van der Waals surface area contributed by atoms with Crippen molar-refractivity contribution in [2.75, 3.05) is 32.7 Å². The first kappa shape index (κ1) is 22.9. The van der Waals surface area contributed by atoms with Crippen molar-refractivity contribution >= 4 is 27.5 Å². The van der Waals surface area contributed by atoms with E-state index in [1.54, 1.807) is 6.92 Å². The summed E-state index contributed by atoms with van der Waals surface area (Å²) < 4.78 is 31.8. The van der Waals surface area contributed by atoms with E-state index >= 15 is 0 Å². The molecule has 0 aromatic carbocycles. The van der Waals surface area contributed by atoms with Crippen LogP contribution in [-0.2, 0) is 16.4 Å². The lowest BCUT2D eigenvalue weighted by Gasteiger charge is -2.32. The maximum absolute atomic E-state index is 12.9. The Morgan fingerprint density at radius 1 is 1.16 bits per heavy atom. The molecule has 2 aromatic heterocycles. The van der Waals surface area contributed by atoms with E-state index in [0.717, 1.165) is 5.56 Å². The number of Topliss-reactive ketones (excluding diaryl/α,β-unsaturated/α-hetero) is 2. The summed E-state index contributed by atoms with van der Waals surface area (Å²) in [5.41, 5.74) is 7.51. The first-order valence-electron chi connectivity index (χ1n) is 9.94. The molecule has 1 amide bonds. The van der Waals surface area contributed by atoms with E-state index in [0.29, 0.717) is 36.5 Å². The van der Waals surface area contributed by atoms with Crippen molar-refractivity contribution in [1.82, 2.24) is 14.2 Å². The summed E-state index contributed by atoms with van der Waals surface area (Å²) in [5.74, 6) is -1.29. The molecule has 1 aliphatic rings. The third kappa shape index (κ3) is 4.48. The standard InChI is InChI=1S/C20H26N4O6S/c1-4-14-18(13(3)25)12(2)22-19(14)15(26)11-23-7-9-24(10-8-23)31(28,29)17-6-5-16(30-17)20(21)27/h5-6,22H,4,7-11H2,1-3H3,(H2,21,27). The lowest BCUT2D eigenvalue weighted by Crippen LogP contribution is -2.49. The zero-order valence-electron chi connectivity index (χ0n) is 17.7. The fourth-order valence-corrected chi connectivity index (χ4v) is 5.21. The molecular weight excluding hydrogens is 424 g/mol. The van der Waals surface area contributed by atoms with Crippen molar-refractivity contribution in [3.63, 3.8) is 0 Å². The number of sulfonamides is 1. The number of hydrogen-bond acceptors (Lipinski definition) is 7. The molecule has 0 bridgehead atoms. The molecule has 0 unspecified atom stereocenters. The topological polar surface area (TPSA) is 147 Å². The van der Waals surface area contributed by atoms with Gasteiger partial charge < -0.3 is 15.1 Å². The SMILES string of the molecule is CCc1c(C(=O)CN2CCN(S(=O)(=O)c3ccc(C(N)=O)o3)CC2)[nH]c(C)c1C(C)=O. The van der Waals surface area contributed by atoms with Gasteiger partial charge in [-0.15, -0.1) is 0 Å². The van der Waals surface area contributed by atoms with Crippen LogP contribution in [0.5, 0.6) is 0 Å². The number of aromatic amines is 1. The van der Waals surface area contributed by atoms with Crippen LogP contribution in [0.15, 0.2) is 21.6 Å². The van der Waals surface area contributed by atoms with Gasteiger partial charge in [0, 0.05) is 37.4 Å². The molecule has 0 aliphatic carbocycles. The molecule has 0 atom stereocenters. The Labute approximate surface area is 180 Å². The second-order valence-electron chi connectivity index (χ2n) is 7.47. The molecule has 0 spiro atoms. The average Bonchev–Trinajstić information content (AvgIpc) is 3.33. The number of amides is 1. The number of aryl methyl sites for hydroxylation is 1. The Morgan fingerprint density at radius 3 is 2.32 bits per heavy atom. The average molecular weight is 451 g/mol. The molecular formula is C20H26N4O6S. The van der Waals surface area contributed by atoms with Gasteiger partial charge in [-0.2, -0.15) is 4.31 Å². The van der Waals surface area contributed by atoms with Gasteiger partial charge in [-0.3, -0.25) is 19.3 Å². The molecule has 2 aromatic rings. The van der Waals surface area contributed by atoms with Crippen molar-refractivity contribution < 1.29 is 27.2 Å². The number of piperazine rings is 1. The normalized spacial score (nSPS) is 15.8. The van der Waals surface area contributed by atoms with Crippen LogP contribution in [0.25, 0.3) is 0 Å². The Morgan fingerprint density at radius 2 is 1.81 bits per heavy atom. The first-order valence-corrected chi connectivity index (χ1v) is 11.4. The predicted octanol–water partition coefficient (Wildman–Crippen LogP) is 0.969. The molecule has 0 saturated carbocycles. The fraction of sp³-hybridized carbons (Fsp3) is 0.450. The Bertz CT molecular complexity index is 1120. The van der Waals surface area contributed by atoms with Crippen LogP contribution in [0.1, 0.15) is 56.5 Å². The lowest BCUT2D eigenvalue weighted by atomic mass is 10.0. The number of nitrogens with one attached hydrogen (secondary N) is 1. The zero-order valence-corrected chi connectivity index (χ0v) is 18.5. The van der Waals surface area contributed by atoms with E-state index in [1.807, 2.05) is 11.8 Å². The Kier molecular flexibility index (Phi) is 6.48. The molecule has 3 N–H and O–H groups in total. The van der Waals surface area contributed by atoms with E-state index < -0.39 is 15.9 Å². The summed E-state index contributed by atoms with van der Waals surface area (Å²) in [6.45, 7) is 6.32. The van der Waals surface area contributed by atoms with E-state index in [2.05, 4.69) is 4.98 Å². The van der Waals surface area contributed by atoms with E-state index in [-0.39, 0.29) is 42.1 Å². The predicted molar refractivity (Wildman–Crippen MR) is 112 cm³/mol.